The smallest absolute Gasteiger partial charge is 0.158 e. The van der Waals surface area contributed by atoms with Crippen LogP contribution in [0.2, 0.25) is 0 Å². The third kappa shape index (κ3) is 5.69. The summed E-state index contributed by atoms with van der Waals surface area (Å²) in [7, 11) is 3.93. The van der Waals surface area contributed by atoms with Gasteiger partial charge in [-0.1, -0.05) is 26.3 Å². The molecule has 0 aliphatic heterocycles. The minimum absolute atomic E-state index is 0.584. The molecule has 0 aliphatic rings. The summed E-state index contributed by atoms with van der Waals surface area (Å²) in [6.07, 6.45) is 9.95. The Morgan fingerprint density at radius 1 is 1.06 bits per heavy atom. The number of rotatable bonds is 10. The topological polar surface area (TPSA) is 96.1 Å². The van der Waals surface area contributed by atoms with Gasteiger partial charge in [0.25, 0.3) is 0 Å². The van der Waals surface area contributed by atoms with Crippen molar-refractivity contribution in [2.75, 3.05) is 41.5 Å². The first-order valence-corrected chi connectivity index (χ1v) is 10.4. The Bertz CT molecular complexity index is 986. The Morgan fingerprint density at radius 3 is 2.55 bits per heavy atom. The van der Waals surface area contributed by atoms with Crippen molar-refractivity contribution in [2.24, 2.45) is 0 Å². The molecule has 0 saturated heterocycles. The van der Waals surface area contributed by atoms with Crippen LogP contribution in [0, 0.1) is 0 Å². The Labute approximate surface area is 183 Å². The van der Waals surface area contributed by atoms with E-state index in [1.165, 1.54) is 0 Å². The summed E-state index contributed by atoms with van der Waals surface area (Å²) in [6.45, 7) is 7.12. The lowest BCUT2D eigenvalue weighted by molar-refractivity contribution is 0.703. The van der Waals surface area contributed by atoms with Crippen molar-refractivity contribution in [3.63, 3.8) is 0 Å². The highest BCUT2D eigenvalue weighted by molar-refractivity contribution is 5.72. The molecule has 3 aromatic rings. The second kappa shape index (κ2) is 10.4. The van der Waals surface area contributed by atoms with Crippen LogP contribution in [-0.4, -0.2) is 40.6 Å². The van der Waals surface area contributed by atoms with Gasteiger partial charge in [0.15, 0.2) is 5.82 Å². The number of pyridine rings is 2. The molecule has 0 aromatic carbocycles. The SMILES string of the molecule is C=C(Nc1cnccn1)N(CCCCC)c1nc(-c2ccc(N(C)C)nc2)ccc1N. The summed E-state index contributed by atoms with van der Waals surface area (Å²) < 4.78 is 0. The molecule has 162 valence electrons. The van der Waals surface area contributed by atoms with E-state index >= 15 is 0 Å². The predicted octanol–water partition coefficient (Wildman–Crippen LogP) is 4.16. The van der Waals surface area contributed by atoms with Gasteiger partial charge in [-0.3, -0.25) is 4.98 Å². The van der Waals surface area contributed by atoms with E-state index in [2.05, 4.69) is 33.8 Å². The molecule has 0 amide bonds. The zero-order valence-corrected chi connectivity index (χ0v) is 18.4. The molecule has 31 heavy (non-hydrogen) atoms. The minimum atomic E-state index is 0.584. The second-order valence-electron chi connectivity index (χ2n) is 7.43. The van der Waals surface area contributed by atoms with E-state index in [0.29, 0.717) is 23.1 Å². The van der Waals surface area contributed by atoms with Crippen molar-refractivity contribution in [2.45, 2.75) is 26.2 Å². The van der Waals surface area contributed by atoms with Gasteiger partial charge in [-0.2, -0.15) is 0 Å². The lowest BCUT2D eigenvalue weighted by Gasteiger charge is -2.27. The van der Waals surface area contributed by atoms with Crippen molar-refractivity contribution in [1.29, 1.82) is 0 Å². The first-order chi connectivity index (χ1) is 15.0. The van der Waals surface area contributed by atoms with Gasteiger partial charge in [0.2, 0.25) is 0 Å². The highest BCUT2D eigenvalue weighted by Gasteiger charge is 2.17. The molecule has 3 heterocycles. The third-order valence-electron chi connectivity index (χ3n) is 4.81. The molecular weight excluding hydrogens is 388 g/mol. The fourth-order valence-corrected chi connectivity index (χ4v) is 3.11. The molecule has 0 aliphatic carbocycles. The van der Waals surface area contributed by atoms with Gasteiger partial charge >= 0.3 is 0 Å². The summed E-state index contributed by atoms with van der Waals surface area (Å²) in [5, 5.41) is 3.22. The van der Waals surface area contributed by atoms with Gasteiger partial charge in [0, 0.05) is 44.8 Å². The summed E-state index contributed by atoms with van der Waals surface area (Å²) in [6, 6.07) is 7.77. The van der Waals surface area contributed by atoms with Crippen molar-refractivity contribution in [3.8, 4) is 11.3 Å². The first kappa shape index (κ1) is 22.0. The fourth-order valence-electron chi connectivity index (χ4n) is 3.11. The van der Waals surface area contributed by atoms with Crippen LogP contribution >= 0.6 is 0 Å². The number of nitrogens with two attached hydrogens (primary N) is 1. The van der Waals surface area contributed by atoms with E-state index in [0.717, 1.165) is 42.9 Å². The van der Waals surface area contributed by atoms with Crippen LogP contribution in [0.1, 0.15) is 26.2 Å². The number of hydrogen-bond acceptors (Lipinski definition) is 8. The number of unbranched alkanes of at least 4 members (excludes halogenated alkanes) is 2. The molecule has 0 fully saturated rings. The number of nitrogen functional groups attached to an aromatic ring is 1. The van der Waals surface area contributed by atoms with Crippen LogP contribution in [0.3, 0.4) is 0 Å². The van der Waals surface area contributed by atoms with Gasteiger partial charge < -0.3 is 20.9 Å². The Morgan fingerprint density at radius 2 is 1.90 bits per heavy atom. The third-order valence-corrected chi connectivity index (χ3v) is 4.81. The molecule has 8 nitrogen and oxygen atoms in total. The van der Waals surface area contributed by atoms with Gasteiger partial charge in [-0.25, -0.2) is 15.0 Å². The van der Waals surface area contributed by atoms with E-state index in [4.69, 9.17) is 10.7 Å². The first-order valence-electron chi connectivity index (χ1n) is 10.4. The van der Waals surface area contributed by atoms with Crippen LogP contribution in [0.15, 0.2) is 61.5 Å². The van der Waals surface area contributed by atoms with E-state index < -0.39 is 0 Å². The molecule has 0 bridgehead atoms. The molecule has 0 unspecified atom stereocenters. The van der Waals surface area contributed by atoms with Crippen molar-refractivity contribution in [3.05, 3.63) is 61.5 Å². The average molecular weight is 419 g/mol. The molecule has 3 N–H and O–H groups in total. The van der Waals surface area contributed by atoms with Crippen LogP contribution in [0.25, 0.3) is 11.3 Å². The molecule has 0 spiro atoms. The highest BCUT2D eigenvalue weighted by Crippen LogP contribution is 2.29. The number of nitrogens with one attached hydrogen (secondary N) is 1. The van der Waals surface area contributed by atoms with E-state index in [9.17, 15) is 0 Å². The Kier molecular flexibility index (Phi) is 7.37. The van der Waals surface area contributed by atoms with E-state index in [-0.39, 0.29) is 0 Å². The Hall–Kier alpha value is -3.68. The summed E-state index contributed by atoms with van der Waals surface area (Å²) in [4.78, 5) is 21.7. The number of nitrogens with zero attached hydrogens (tertiary/aromatic N) is 6. The zero-order chi connectivity index (χ0) is 22.2. The molecule has 0 atom stereocenters. The van der Waals surface area contributed by atoms with Crippen LogP contribution in [0.5, 0.6) is 0 Å². The van der Waals surface area contributed by atoms with Crippen molar-refractivity contribution in [1.82, 2.24) is 19.9 Å². The van der Waals surface area contributed by atoms with E-state index in [1.54, 1.807) is 18.6 Å². The standard InChI is InChI=1S/C23H30N8/c1-5-6-7-14-31(17(2)28-21-16-25-12-13-26-21)23-19(24)9-10-20(29-23)18-8-11-22(27-15-18)30(3)4/h8-13,15-16H,2,5-7,14,24H2,1,3-4H3,(H,26,28). The van der Waals surface area contributed by atoms with Gasteiger partial charge in [-0.05, 0) is 30.7 Å². The summed E-state index contributed by atoms with van der Waals surface area (Å²) in [5.74, 6) is 2.81. The maximum absolute atomic E-state index is 6.34. The Balaban J connectivity index is 1.91. The normalized spacial score (nSPS) is 10.5. The van der Waals surface area contributed by atoms with Crippen molar-refractivity contribution >= 4 is 23.1 Å². The zero-order valence-electron chi connectivity index (χ0n) is 18.4. The molecule has 0 radical (unpaired) electrons. The molecule has 8 heteroatoms. The van der Waals surface area contributed by atoms with Gasteiger partial charge in [0.05, 0.1) is 17.6 Å². The lowest BCUT2D eigenvalue weighted by Crippen LogP contribution is -2.29. The van der Waals surface area contributed by atoms with Crippen LogP contribution < -0.4 is 20.9 Å². The molecule has 0 saturated carbocycles. The number of aromatic nitrogens is 4. The van der Waals surface area contributed by atoms with Crippen molar-refractivity contribution < 1.29 is 0 Å². The van der Waals surface area contributed by atoms with Crippen LogP contribution in [0.4, 0.5) is 23.1 Å². The van der Waals surface area contributed by atoms with Gasteiger partial charge in [0.1, 0.15) is 17.5 Å². The molecule has 3 rings (SSSR count). The molecular formula is C23H30N8. The molecule has 3 aromatic heterocycles. The number of hydrogen-bond donors (Lipinski definition) is 2. The number of anilines is 4. The summed E-state index contributed by atoms with van der Waals surface area (Å²) >= 11 is 0. The fraction of sp³-hybridized carbons (Fsp3) is 0.304. The quantitative estimate of drug-likeness (QED) is 0.474. The minimum Gasteiger partial charge on any atom is -0.396 e. The van der Waals surface area contributed by atoms with E-state index in [1.807, 2.05) is 54.4 Å². The second-order valence-corrected chi connectivity index (χ2v) is 7.43. The lowest BCUT2D eigenvalue weighted by atomic mass is 10.1. The van der Waals surface area contributed by atoms with Crippen LogP contribution in [-0.2, 0) is 0 Å². The highest BCUT2D eigenvalue weighted by atomic mass is 15.3. The maximum atomic E-state index is 6.34. The largest absolute Gasteiger partial charge is 0.396 e. The monoisotopic (exact) mass is 418 g/mol. The predicted molar refractivity (Wildman–Crippen MR) is 128 cm³/mol. The maximum Gasteiger partial charge on any atom is 0.158 e. The average Bonchev–Trinajstić information content (AvgIpc) is 2.78. The summed E-state index contributed by atoms with van der Waals surface area (Å²) in [5.41, 5.74) is 8.65. The van der Waals surface area contributed by atoms with Gasteiger partial charge in [-0.15, -0.1) is 0 Å².